The molecule has 0 saturated heterocycles. The highest BCUT2D eigenvalue weighted by atomic mass is 16.6. The predicted octanol–water partition coefficient (Wildman–Crippen LogP) is 3.47. The minimum atomic E-state index is -0.684. The van der Waals surface area contributed by atoms with Crippen molar-refractivity contribution in [2.24, 2.45) is 0 Å². The average Bonchev–Trinajstić information content (AvgIpc) is 2.52. The number of hydrogen-bond donors (Lipinski definition) is 0. The van der Waals surface area contributed by atoms with Crippen LogP contribution in [0.3, 0.4) is 0 Å². The smallest absolute Gasteiger partial charge is 0.312 e. The van der Waals surface area contributed by atoms with Gasteiger partial charge in [0, 0.05) is 18.6 Å². The first-order valence-corrected chi connectivity index (χ1v) is 6.70. The van der Waals surface area contributed by atoms with Crippen molar-refractivity contribution in [1.82, 2.24) is 0 Å². The van der Waals surface area contributed by atoms with Gasteiger partial charge in [-0.2, -0.15) is 0 Å². The monoisotopic (exact) mass is 297 g/mol. The second-order valence-corrected chi connectivity index (χ2v) is 4.65. The van der Waals surface area contributed by atoms with Gasteiger partial charge >= 0.3 is 5.70 Å². The number of Topliss-reactive ketones (excluding diaryl/α,β-unsaturated/α-hetero) is 1. The largest absolute Gasteiger partial charge is 0.488 e. The summed E-state index contributed by atoms with van der Waals surface area (Å²) in [5, 5.41) is 10.9. The van der Waals surface area contributed by atoms with E-state index in [0.29, 0.717) is 17.9 Å². The number of para-hydroxylation sites is 1. The number of carbonyl (C=O) groups is 1. The minimum absolute atomic E-state index is 0.347. The van der Waals surface area contributed by atoms with E-state index in [-0.39, 0.29) is 0 Å². The van der Waals surface area contributed by atoms with Crippen molar-refractivity contribution in [3.05, 3.63) is 81.5 Å². The Balaban J connectivity index is 2.25. The van der Waals surface area contributed by atoms with Crippen molar-refractivity contribution < 1.29 is 14.5 Å². The zero-order valence-electron chi connectivity index (χ0n) is 12.1. The molecule has 112 valence electrons. The van der Waals surface area contributed by atoms with Gasteiger partial charge in [-0.05, 0) is 11.6 Å². The third-order valence-corrected chi connectivity index (χ3v) is 3.01. The third kappa shape index (κ3) is 4.02. The molecule has 22 heavy (non-hydrogen) atoms. The summed E-state index contributed by atoms with van der Waals surface area (Å²) >= 11 is 0. The van der Waals surface area contributed by atoms with Crippen molar-refractivity contribution in [3.63, 3.8) is 0 Å². The lowest BCUT2D eigenvalue weighted by atomic mass is 10.1. The lowest BCUT2D eigenvalue weighted by Gasteiger charge is -2.09. The molecule has 0 aliphatic carbocycles. The molecule has 0 aliphatic rings. The number of ketones is 1. The van der Waals surface area contributed by atoms with Gasteiger partial charge in [0.1, 0.15) is 12.4 Å². The molecule has 2 aromatic rings. The lowest BCUT2D eigenvalue weighted by Crippen LogP contribution is -2.07. The van der Waals surface area contributed by atoms with Crippen LogP contribution in [0.2, 0.25) is 0 Å². The quantitative estimate of drug-likeness (QED) is 0.465. The molecule has 0 unspecified atom stereocenters. The molecule has 5 nitrogen and oxygen atoms in total. The molecular weight excluding hydrogens is 282 g/mol. The van der Waals surface area contributed by atoms with E-state index in [2.05, 4.69) is 0 Å². The van der Waals surface area contributed by atoms with Crippen LogP contribution in [0.5, 0.6) is 5.75 Å². The van der Waals surface area contributed by atoms with Crippen LogP contribution < -0.4 is 4.74 Å². The van der Waals surface area contributed by atoms with Crippen molar-refractivity contribution in [2.45, 2.75) is 13.5 Å². The Hall–Kier alpha value is -2.95. The van der Waals surface area contributed by atoms with E-state index < -0.39 is 16.4 Å². The fraction of sp³-hybridized carbons (Fsp3) is 0.118. The molecule has 0 atom stereocenters. The van der Waals surface area contributed by atoms with Crippen molar-refractivity contribution in [3.8, 4) is 5.75 Å². The fourth-order valence-corrected chi connectivity index (χ4v) is 1.90. The van der Waals surface area contributed by atoms with Crippen LogP contribution in [-0.2, 0) is 11.4 Å². The van der Waals surface area contributed by atoms with Crippen LogP contribution in [0.4, 0.5) is 0 Å². The zero-order valence-corrected chi connectivity index (χ0v) is 12.1. The molecule has 0 aliphatic heterocycles. The molecule has 0 N–H and O–H groups in total. The third-order valence-electron chi connectivity index (χ3n) is 3.01. The summed E-state index contributed by atoms with van der Waals surface area (Å²) in [5.41, 5.74) is 1.03. The van der Waals surface area contributed by atoms with Gasteiger partial charge in [-0.15, -0.1) is 0 Å². The van der Waals surface area contributed by atoms with Crippen LogP contribution in [0.25, 0.3) is 6.08 Å². The first kappa shape index (κ1) is 15.4. The zero-order chi connectivity index (χ0) is 15.9. The maximum absolute atomic E-state index is 11.3. The normalized spacial score (nSPS) is 11.0. The molecule has 0 aromatic heterocycles. The molecule has 5 heteroatoms. The van der Waals surface area contributed by atoms with E-state index in [1.807, 2.05) is 30.3 Å². The average molecular weight is 297 g/mol. The Bertz CT molecular complexity index is 692. The van der Waals surface area contributed by atoms with Gasteiger partial charge in [0.15, 0.2) is 0 Å². The van der Waals surface area contributed by atoms with Crippen molar-refractivity contribution in [2.75, 3.05) is 0 Å². The van der Waals surface area contributed by atoms with Gasteiger partial charge in [0.05, 0.1) is 4.92 Å². The Morgan fingerprint density at radius 3 is 2.41 bits per heavy atom. The maximum atomic E-state index is 11.3. The number of benzene rings is 2. The predicted molar refractivity (Wildman–Crippen MR) is 82.9 cm³/mol. The molecular formula is C17H15NO4. The Morgan fingerprint density at radius 1 is 1.14 bits per heavy atom. The van der Waals surface area contributed by atoms with Crippen molar-refractivity contribution in [1.29, 1.82) is 0 Å². The first-order chi connectivity index (χ1) is 10.6. The van der Waals surface area contributed by atoms with Crippen LogP contribution >= 0.6 is 0 Å². The molecule has 2 rings (SSSR count). The molecule has 0 bridgehead atoms. The number of nitro groups is 1. The number of allylic oxidation sites excluding steroid dienone is 1. The topological polar surface area (TPSA) is 69.4 Å². The highest BCUT2D eigenvalue weighted by Crippen LogP contribution is 2.22. The number of rotatable bonds is 6. The second kappa shape index (κ2) is 7.17. The van der Waals surface area contributed by atoms with Gasteiger partial charge in [-0.1, -0.05) is 48.5 Å². The Morgan fingerprint density at radius 2 is 1.77 bits per heavy atom. The molecule has 0 spiro atoms. The summed E-state index contributed by atoms with van der Waals surface area (Å²) in [6, 6.07) is 16.5. The summed E-state index contributed by atoms with van der Waals surface area (Å²) in [6.45, 7) is 1.52. The SMILES string of the molecule is CC(=O)/C(=C\c1ccccc1OCc1ccccc1)[N+](=O)[O-]. The molecule has 0 heterocycles. The summed E-state index contributed by atoms with van der Waals surface area (Å²) in [7, 11) is 0. The summed E-state index contributed by atoms with van der Waals surface area (Å²) < 4.78 is 5.71. The lowest BCUT2D eigenvalue weighted by molar-refractivity contribution is -0.417. The van der Waals surface area contributed by atoms with E-state index in [4.69, 9.17) is 4.74 Å². The van der Waals surface area contributed by atoms with Gasteiger partial charge < -0.3 is 4.74 Å². The van der Waals surface area contributed by atoms with Gasteiger partial charge in [-0.25, -0.2) is 0 Å². The fourth-order valence-electron chi connectivity index (χ4n) is 1.90. The van der Waals surface area contributed by atoms with Crippen LogP contribution in [-0.4, -0.2) is 10.7 Å². The van der Waals surface area contributed by atoms with E-state index in [1.165, 1.54) is 13.0 Å². The highest BCUT2D eigenvalue weighted by molar-refractivity contribution is 5.95. The van der Waals surface area contributed by atoms with Gasteiger partial charge in [0.2, 0.25) is 5.78 Å². The number of hydrogen-bond acceptors (Lipinski definition) is 4. The van der Waals surface area contributed by atoms with E-state index in [9.17, 15) is 14.9 Å². The molecule has 0 fully saturated rings. The first-order valence-electron chi connectivity index (χ1n) is 6.70. The molecule has 0 amide bonds. The highest BCUT2D eigenvalue weighted by Gasteiger charge is 2.17. The van der Waals surface area contributed by atoms with Crippen LogP contribution in [0.1, 0.15) is 18.1 Å². The minimum Gasteiger partial charge on any atom is -0.488 e. The van der Waals surface area contributed by atoms with E-state index in [0.717, 1.165) is 5.56 Å². The second-order valence-electron chi connectivity index (χ2n) is 4.65. The van der Waals surface area contributed by atoms with Gasteiger partial charge in [-0.3, -0.25) is 14.9 Å². The number of carbonyl (C=O) groups excluding carboxylic acids is 1. The molecule has 0 saturated carbocycles. The van der Waals surface area contributed by atoms with Crippen LogP contribution in [0, 0.1) is 10.1 Å². The number of nitrogens with zero attached hydrogens (tertiary/aromatic N) is 1. The Labute approximate surface area is 128 Å². The summed E-state index contributed by atoms with van der Waals surface area (Å²) in [5.74, 6) is -0.102. The van der Waals surface area contributed by atoms with E-state index in [1.54, 1.807) is 24.3 Å². The van der Waals surface area contributed by atoms with Crippen LogP contribution in [0.15, 0.2) is 60.3 Å². The van der Waals surface area contributed by atoms with Gasteiger partial charge in [0.25, 0.3) is 0 Å². The molecule has 2 aromatic carbocycles. The summed E-state index contributed by atoms with van der Waals surface area (Å²) in [4.78, 5) is 21.6. The van der Waals surface area contributed by atoms with E-state index >= 15 is 0 Å². The standard InChI is InChI=1S/C17H15NO4/c1-13(19)16(18(20)21)11-15-9-5-6-10-17(15)22-12-14-7-3-2-4-8-14/h2-11H,12H2,1H3/b16-11+. The summed E-state index contributed by atoms with van der Waals surface area (Å²) in [6.07, 6.45) is 1.24. The Kier molecular flexibility index (Phi) is 5.03. The maximum Gasteiger partial charge on any atom is 0.312 e. The molecule has 0 radical (unpaired) electrons. The van der Waals surface area contributed by atoms with Crippen molar-refractivity contribution >= 4 is 11.9 Å². The number of ether oxygens (including phenoxy) is 1.